The smallest absolute Gasteiger partial charge is 0.352 e. The number of ketones is 1. The van der Waals surface area contributed by atoms with Crippen LogP contribution >= 0.6 is 0 Å². The van der Waals surface area contributed by atoms with Crippen LogP contribution in [-0.4, -0.2) is 21.4 Å². The number of rotatable bonds is 3. The molecule has 5 N–H and O–H groups in total. The minimum absolute atomic E-state index is 0.0392. The Morgan fingerprint density at radius 1 is 1.21 bits per heavy atom. The average Bonchev–Trinajstić information content (AvgIpc) is 2.70. The standard InChI is InChI=1S/C13H13N3O3/c1-16-6-7(4-11(16)13(18)19)12(17)9-3-2-8(14)5-10(9)15/h2-6H,14-15H2,1H3,(H,18,19). The van der Waals surface area contributed by atoms with Crippen molar-refractivity contribution in [1.82, 2.24) is 4.57 Å². The minimum atomic E-state index is -1.09. The van der Waals surface area contributed by atoms with E-state index in [1.54, 1.807) is 13.1 Å². The van der Waals surface area contributed by atoms with Crippen molar-refractivity contribution in [2.24, 2.45) is 7.05 Å². The maximum absolute atomic E-state index is 12.2. The van der Waals surface area contributed by atoms with Crippen LogP contribution in [0.15, 0.2) is 30.5 Å². The van der Waals surface area contributed by atoms with Gasteiger partial charge < -0.3 is 21.1 Å². The van der Waals surface area contributed by atoms with Crippen molar-refractivity contribution in [2.75, 3.05) is 11.5 Å². The second-order valence-corrected chi connectivity index (χ2v) is 4.21. The van der Waals surface area contributed by atoms with Crippen LogP contribution in [0.5, 0.6) is 0 Å². The van der Waals surface area contributed by atoms with E-state index in [1.165, 1.54) is 29.0 Å². The molecule has 0 bridgehead atoms. The van der Waals surface area contributed by atoms with Crippen molar-refractivity contribution in [3.63, 3.8) is 0 Å². The fraction of sp³-hybridized carbons (Fsp3) is 0.0769. The zero-order valence-corrected chi connectivity index (χ0v) is 10.3. The number of aromatic nitrogens is 1. The average molecular weight is 259 g/mol. The van der Waals surface area contributed by atoms with Crippen molar-refractivity contribution >= 4 is 23.1 Å². The van der Waals surface area contributed by atoms with Gasteiger partial charge in [-0.2, -0.15) is 0 Å². The largest absolute Gasteiger partial charge is 0.477 e. The van der Waals surface area contributed by atoms with Gasteiger partial charge in [0.05, 0.1) is 0 Å². The van der Waals surface area contributed by atoms with Gasteiger partial charge in [-0.25, -0.2) is 4.79 Å². The lowest BCUT2D eigenvalue weighted by Gasteiger charge is -2.04. The lowest BCUT2D eigenvalue weighted by atomic mass is 10.0. The predicted octanol–water partition coefficient (Wildman–Crippen LogP) is 1.12. The second kappa shape index (κ2) is 4.49. The number of nitrogens with zero attached hydrogens (tertiary/aromatic N) is 1. The predicted molar refractivity (Wildman–Crippen MR) is 71.1 cm³/mol. The number of benzene rings is 1. The molecule has 2 aromatic rings. The zero-order chi connectivity index (χ0) is 14.2. The monoisotopic (exact) mass is 259 g/mol. The van der Waals surface area contributed by atoms with Gasteiger partial charge in [-0.3, -0.25) is 4.79 Å². The summed E-state index contributed by atoms with van der Waals surface area (Å²) in [6.45, 7) is 0. The SMILES string of the molecule is Cn1cc(C(=O)c2ccc(N)cc2N)cc1C(=O)O. The molecule has 0 fully saturated rings. The van der Waals surface area contributed by atoms with Crippen molar-refractivity contribution in [3.05, 3.63) is 47.3 Å². The highest BCUT2D eigenvalue weighted by molar-refractivity contribution is 6.13. The zero-order valence-electron chi connectivity index (χ0n) is 10.3. The van der Waals surface area contributed by atoms with E-state index in [4.69, 9.17) is 16.6 Å². The lowest BCUT2D eigenvalue weighted by molar-refractivity contribution is 0.0686. The van der Waals surface area contributed by atoms with E-state index < -0.39 is 5.97 Å². The van der Waals surface area contributed by atoms with Gasteiger partial charge in [-0.15, -0.1) is 0 Å². The number of aromatic carboxylic acids is 1. The molecular weight excluding hydrogens is 246 g/mol. The molecule has 0 aliphatic carbocycles. The molecule has 6 heteroatoms. The molecule has 1 heterocycles. The molecule has 0 saturated carbocycles. The number of carboxylic acid groups (broad SMARTS) is 1. The van der Waals surface area contributed by atoms with E-state index in [1.807, 2.05) is 0 Å². The number of nitrogen functional groups attached to an aromatic ring is 2. The molecule has 0 radical (unpaired) electrons. The Hall–Kier alpha value is -2.76. The van der Waals surface area contributed by atoms with Crippen LogP contribution in [0, 0.1) is 0 Å². The fourth-order valence-corrected chi connectivity index (χ4v) is 1.84. The van der Waals surface area contributed by atoms with Crippen molar-refractivity contribution in [1.29, 1.82) is 0 Å². The topological polar surface area (TPSA) is 111 Å². The Labute approximate surface area is 109 Å². The highest BCUT2D eigenvalue weighted by Crippen LogP contribution is 2.20. The van der Waals surface area contributed by atoms with Crippen LogP contribution in [0.1, 0.15) is 26.4 Å². The van der Waals surface area contributed by atoms with Crippen LogP contribution in [0.25, 0.3) is 0 Å². The van der Waals surface area contributed by atoms with Crippen LogP contribution < -0.4 is 11.5 Å². The minimum Gasteiger partial charge on any atom is -0.477 e. The summed E-state index contributed by atoms with van der Waals surface area (Å²) in [5.74, 6) is -1.42. The third kappa shape index (κ3) is 2.28. The van der Waals surface area contributed by atoms with Crippen molar-refractivity contribution in [3.8, 4) is 0 Å². The number of hydrogen-bond donors (Lipinski definition) is 3. The first-order valence-corrected chi connectivity index (χ1v) is 5.49. The lowest BCUT2D eigenvalue weighted by Crippen LogP contribution is -2.05. The Kier molecular flexibility index (Phi) is 3.00. The van der Waals surface area contributed by atoms with Gasteiger partial charge in [-0.05, 0) is 24.3 Å². The number of carboxylic acids is 1. The number of carbonyl (C=O) groups is 2. The molecule has 0 atom stereocenters. The summed E-state index contributed by atoms with van der Waals surface area (Å²) in [7, 11) is 1.56. The van der Waals surface area contributed by atoms with E-state index in [9.17, 15) is 9.59 Å². The van der Waals surface area contributed by atoms with Gasteiger partial charge in [0.15, 0.2) is 5.78 Å². The molecule has 2 rings (SSSR count). The maximum atomic E-state index is 12.2. The number of aryl methyl sites for hydroxylation is 1. The Morgan fingerprint density at radius 2 is 1.89 bits per heavy atom. The Bertz CT molecular complexity index is 674. The summed E-state index contributed by atoms with van der Waals surface area (Å²) >= 11 is 0. The molecule has 0 aliphatic rings. The number of carbonyl (C=O) groups excluding carboxylic acids is 1. The van der Waals surface area contributed by atoms with Gasteiger partial charge in [0.25, 0.3) is 0 Å². The fourth-order valence-electron chi connectivity index (χ4n) is 1.84. The summed E-state index contributed by atoms with van der Waals surface area (Å²) in [5, 5.41) is 8.95. The first-order chi connectivity index (χ1) is 8.90. The Balaban J connectivity index is 2.44. The molecule has 1 aromatic carbocycles. The van der Waals surface area contributed by atoms with Crippen molar-refractivity contribution in [2.45, 2.75) is 0 Å². The van der Waals surface area contributed by atoms with E-state index in [2.05, 4.69) is 0 Å². The van der Waals surface area contributed by atoms with E-state index in [0.29, 0.717) is 11.3 Å². The van der Waals surface area contributed by atoms with Crippen LogP contribution in [0.3, 0.4) is 0 Å². The van der Waals surface area contributed by atoms with Crippen LogP contribution in [0.4, 0.5) is 11.4 Å². The summed E-state index contributed by atoms with van der Waals surface area (Å²) in [4.78, 5) is 23.2. The van der Waals surface area contributed by atoms with Gasteiger partial charge in [0.2, 0.25) is 0 Å². The number of hydrogen-bond acceptors (Lipinski definition) is 4. The highest BCUT2D eigenvalue weighted by atomic mass is 16.4. The van der Waals surface area contributed by atoms with Gasteiger partial charge in [0.1, 0.15) is 5.69 Å². The molecule has 0 unspecified atom stereocenters. The molecule has 6 nitrogen and oxygen atoms in total. The van der Waals surface area contributed by atoms with Crippen LogP contribution in [-0.2, 0) is 7.05 Å². The van der Waals surface area contributed by atoms with Gasteiger partial charge in [-0.1, -0.05) is 0 Å². The number of anilines is 2. The summed E-state index contributed by atoms with van der Waals surface area (Å²) < 4.78 is 1.38. The van der Waals surface area contributed by atoms with E-state index >= 15 is 0 Å². The third-order valence-electron chi connectivity index (χ3n) is 2.81. The first-order valence-electron chi connectivity index (χ1n) is 5.49. The first kappa shape index (κ1) is 12.7. The molecule has 19 heavy (non-hydrogen) atoms. The highest BCUT2D eigenvalue weighted by Gasteiger charge is 2.18. The normalized spacial score (nSPS) is 10.4. The number of nitrogens with two attached hydrogens (primary N) is 2. The van der Waals surface area contributed by atoms with Gasteiger partial charge in [0, 0.05) is 35.7 Å². The molecule has 1 aromatic heterocycles. The summed E-state index contributed by atoms with van der Waals surface area (Å²) in [5.41, 5.74) is 12.7. The Morgan fingerprint density at radius 3 is 2.42 bits per heavy atom. The molecular formula is C13H13N3O3. The van der Waals surface area contributed by atoms with Crippen LogP contribution in [0.2, 0.25) is 0 Å². The maximum Gasteiger partial charge on any atom is 0.352 e. The van der Waals surface area contributed by atoms with Crippen molar-refractivity contribution < 1.29 is 14.7 Å². The summed E-state index contributed by atoms with van der Waals surface area (Å²) in [6.07, 6.45) is 1.46. The molecule has 0 spiro atoms. The van der Waals surface area contributed by atoms with E-state index in [-0.39, 0.29) is 22.7 Å². The van der Waals surface area contributed by atoms with E-state index in [0.717, 1.165) is 0 Å². The molecule has 0 aliphatic heterocycles. The quantitative estimate of drug-likeness (QED) is 0.565. The molecule has 98 valence electrons. The molecule has 0 amide bonds. The third-order valence-corrected chi connectivity index (χ3v) is 2.81. The molecule has 0 saturated heterocycles. The van der Waals surface area contributed by atoms with Gasteiger partial charge >= 0.3 is 5.97 Å². The second-order valence-electron chi connectivity index (χ2n) is 4.21. The summed E-state index contributed by atoms with van der Waals surface area (Å²) in [6, 6.07) is 5.92.